The summed E-state index contributed by atoms with van der Waals surface area (Å²) in [7, 11) is 0.885. The summed E-state index contributed by atoms with van der Waals surface area (Å²) in [6.45, 7) is 1.61. The Morgan fingerprint density at radius 3 is 2.59 bits per heavy atom. The van der Waals surface area contributed by atoms with E-state index in [9.17, 15) is 4.39 Å². The molecule has 0 atom stereocenters. The Labute approximate surface area is 104 Å². The average molecular weight is 249 g/mol. The smallest absolute Gasteiger partial charge is 0.327 e. The summed E-state index contributed by atoms with van der Waals surface area (Å²) >= 11 is 1.50. The van der Waals surface area contributed by atoms with Crippen LogP contribution in [0.4, 0.5) is 4.39 Å². The zero-order chi connectivity index (χ0) is 12.4. The van der Waals surface area contributed by atoms with E-state index in [1.165, 1.54) is 17.4 Å². The molecule has 1 aromatic carbocycles. The van der Waals surface area contributed by atoms with Gasteiger partial charge in [-0.2, -0.15) is 11.3 Å². The molecule has 0 saturated heterocycles. The van der Waals surface area contributed by atoms with Crippen molar-refractivity contribution >= 4 is 24.3 Å². The van der Waals surface area contributed by atoms with E-state index < -0.39 is 0 Å². The summed E-state index contributed by atoms with van der Waals surface area (Å²) < 4.78 is 13.9. The maximum atomic E-state index is 13.9. The van der Waals surface area contributed by atoms with E-state index in [0.717, 1.165) is 18.6 Å². The number of aliphatic hydroxyl groups excluding tert-OH is 1. The second-order valence-electron chi connectivity index (χ2n) is 3.79. The summed E-state index contributed by atoms with van der Waals surface area (Å²) in [6.07, 6.45) is 0. The van der Waals surface area contributed by atoms with Crippen LogP contribution in [0.15, 0.2) is 22.9 Å². The van der Waals surface area contributed by atoms with Gasteiger partial charge in [-0.1, -0.05) is 6.07 Å². The standard InChI is InChI=1S/C12H11BFO2S/c1-7-5-17-6-10(7)9-3-11(13-16)8(4-15)2-12(9)14/h2-3,5-6,15-16H,4H2,1H3. The molecule has 5 heteroatoms. The SMILES string of the molecule is Cc1cscc1-c1cc([B]O)c(CO)cc1F. The number of rotatable bonds is 3. The van der Waals surface area contributed by atoms with Crippen LogP contribution in [0.1, 0.15) is 11.1 Å². The van der Waals surface area contributed by atoms with Gasteiger partial charge in [-0.05, 0) is 45.9 Å². The molecule has 0 aliphatic heterocycles. The lowest BCUT2D eigenvalue weighted by atomic mass is 9.82. The van der Waals surface area contributed by atoms with E-state index in [2.05, 4.69) is 0 Å². The second-order valence-corrected chi connectivity index (χ2v) is 4.53. The number of thiophene rings is 1. The molecule has 0 amide bonds. The van der Waals surface area contributed by atoms with Crippen LogP contribution in [0.2, 0.25) is 0 Å². The predicted octanol–water partition coefficient (Wildman–Crippen LogP) is 1.59. The monoisotopic (exact) mass is 249 g/mol. The minimum absolute atomic E-state index is 0.299. The van der Waals surface area contributed by atoms with Crippen LogP contribution in [0.3, 0.4) is 0 Å². The van der Waals surface area contributed by atoms with Gasteiger partial charge in [-0.25, -0.2) is 4.39 Å². The highest BCUT2D eigenvalue weighted by Crippen LogP contribution is 2.28. The molecule has 0 aliphatic rings. The Bertz CT molecular complexity index is 539. The zero-order valence-electron chi connectivity index (χ0n) is 9.27. The molecule has 0 fully saturated rings. The molecule has 2 nitrogen and oxygen atoms in total. The van der Waals surface area contributed by atoms with Crippen LogP contribution in [-0.4, -0.2) is 17.6 Å². The fraction of sp³-hybridized carbons (Fsp3) is 0.167. The van der Waals surface area contributed by atoms with Gasteiger partial charge in [-0.15, -0.1) is 0 Å². The molecule has 2 aromatic rings. The first kappa shape index (κ1) is 12.3. The van der Waals surface area contributed by atoms with Gasteiger partial charge in [0, 0.05) is 5.56 Å². The molecular weight excluding hydrogens is 238 g/mol. The lowest BCUT2D eigenvalue weighted by Crippen LogP contribution is -2.20. The van der Waals surface area contributed by atoms with E-state index in [-0.39, 0.29) is 12.4 Å². The van der Waals surface area contributed by atoms with Gasteiger partial charge in [0.05, 0.1) is 6.61 Å². The zero-order valence-corrected chi connectivity index (χ0v) is 10.1. The first-order valence-electron chi connectivity index (χ1n) is 5.11. The third-order valence-electron chi connectivity index (χ3n) is 2.68. The van der Waals surface area contributed by atoms with Crippen LogP contribution in [0.5, 0.6) is 0 Å². The van der Waals surface area contributed by atoms with Gasteiger partial charge >= 0.3 is 7.48 Å². The quantitative estimate of drug-likeness (QED) is 0.811. The molecule has 0 bridgehead atoms. The molecule has 0 saturated carbocycles. The van der Waals surface area contributed by atoms with Gasteiger partial charge in [0.2, 0.25) is 0 Å². The van der Waals surface area contributed by atoms with Gasteiger partial charge in [0.25, 0.3) is 0 Å². The van der Waals surface area contributed by atoms with Crippen LogP contribution in [0.25, 0.3) is 11.1 Å². The van der Waals surface area contributed by atoms with Crippen LogP contribution in [-0.2, 0) is 6.61 Å². The lowest BCUT2D eigenvalue weighted by Gasteiger charge is -2.09. The molecule has 1 aromatic heterocycles. The third-order valence-corrected chi connectivity index (χ3v) is 3.55. The largest absolute Gasteiger partial charge is 0.450 e. The van der Waals surface area contributed by atoms with Crippen LogP contribution < -0.4 is 5.46 Å². The highest BCUT2D eigenvalue weighted by atomic mass is 32.1. The summed E-state index contributed by atoms with van der Waals surface area (Å²) in [5.74, 6) is -0.388. The van der Waals surface area contributed by atoms with Crippen LogP contribution >= 0.6 is 11.3 Å². The van der Waals surface area contributed by atoms with Gasteiger partial charge in [0.15, 0.2) is 0 Å². The normalized spacial score (nSPS) is 10.6. The molecule has 1 heterocycles. The Hall–Kier alpha value is -1.17. The maximum Gasteiger partial charge on any atom is 0.327 e. The summed E-state index contributed by atoms with van der Waals surface area (Å²) in [4.78, 5) is 0. The molecular formula is C12H11BFO2S. The third kappa shape index (κ3) is 2.27. The van der Waals surface area contributed by atoms with Gasteiger partial charge < -0.3 is 10.1 Å². The van der Waals surface area contributed by atoms with Crippen LogP contribution in [0, 0.1) is 12.7 Å². The van der Waals surface area contributed by atoms with Gasteiger partial charge in [-0.3, -0.25) is 0 Å². The van der Waals surface area contributed by atoms with Crippen molar-refractivity contribution in [1.82, 2.24) is 0 Å². The van der Waals surface area contributed by atoms with E-state index >= 15 is 0 Å². The van der Waals surface area contributed by atoms with Crippen molar-refractivity contribution in [3.63, 3.8) is 0 Å². The van der Waals surface area contributed by atoms with Crippen molar-refractivity contribution in [2.24, 2.45) is 0 Å². The van der Waals surface area contributed by atoms with Crippen molar-refractivity contribution in [2.45, 2.75) is 13.5 Å². The van der Waals surface area contributed by atoms with E-state index in [1.807, 2.05) is 17.7 Å². The highest BCUT2D eigenvalue weighted by Gasteiger charge is 2.13. The summed E-state index contributed by atoms with van der Waals surface area (Å²) in [5.41, 5.74) is 3.08. The number of aliphatic hydroxyl groups is 1. The maximum absolute atomic E-state index is 13.9. The van der Waals surface area contributed by atoms with E-state index in [1.54, 1.807) is 6.07 Å². The molecule has 17 heavy (non-hydrogen) atoms. The number of halogens is 1. The lowest BCUT2D eigenvalue weighted by molar-refractivity contribution is 0.282. The summed E-state index contributed by atoms with van der Waals surface area (Å²) in [5, 5.41) is 21.9. The molecule has 0 spiro atoms. The molecule has 2 N–H and O–H groups in total. The molecule has 0 aliphatic carbocycles. The highest BCUT2D eigenvalue weighted by molar-refractivity contribution is 7.08. The number of benzene rings is 1. The number of hydrogen-bond donors (Lipinski definition) is 2. The molecule has 0 unspecified atom stereocenters. The van der Waals surface area contributed by atoms with Crippen molar-refractivity contribution < 1.29 is 14.5 Å². The average Bonchev–Trinajstić information content (AvgIpc) is 2.75. The molecule has 87 valence electrons. The van der Waals surface area contributed by atoms with Crippen molar-refractivity contribution in [1.29, 1.82) is 0 Å². The van der Waals surface area contributed by atoms with E-state index in [4.69, 9.17) is 10.1 Å². The van der Waals surface area contributed by atoms with E-state index in [0.29, 0.717) is 16.6 Å². The Morgan fingerprint density at radius 2 is 2.06 bits per heavy atom. The first-order chi connectivity index (χ1) is 8.17. The van der Waals surface area contributed by atoms with Crippen molar-refractivity contribution in [3.8, 4) is 11.1 Å². The van der Waals surface area contributed by atoms with Crippen molar-refractivity contribution in [3.05, 3.63) is 39.8 Å². The Balaban J connectivity index is 2.59. The fourth-order valence-electron chi connectivity index (χ4n) is 1.73. The molecule has 1 radical (unpaired) electrons. The molecule has 2 rings (SSSR count). The number of hydrogen-bond acceptors (Lipinski definition) is 3. The minimum atomic E-state index is -0.388. The second kappa shape index (κ2) is 5.00. The topological polar surface area (TPSA) is 40.5 Å². The number of aryl methyl sites for hydroxylation is 1. The fourth-order valence-corrected chi connectivity index (χ4v) is 2.58. The van der Waals surface area contributed by atoms with Crippen molar-refractivity contribution in [2.75, 3.05) is 0 Å². The summed E-state index contributed by atoms with van der Waals surface area (Å²) in [6, 6.07) is 2.81. The Morgan fingerprint density at radius 1 is 1.29 bits per heavy atom. The minimum Gasteiger partial charge on any atom is -0.450 e. The first-order valence-corrected chi connectivity index (χ1v) is 6.05. The van der Waals surface area contributed by atoms with Gasteiger partial charge in [0.1, 0.15) is 5.82 Å². The Kier molecular flexibility index (Phi) is 3.62. The predicted molar refractivity (Wildman–Crippen MR) is 68.0 cm³/mol.